The van der Waals surface area contributed by atoms with E-state index in [4.69, 9.17) is 4.74 Å². The average Bonchev–Trinajstić information content (AvgIpc) is 3.18. The standard InChI is InChI=1S/C30H46O3/c1-7-28(4)16-13-24-22(17-28)10-12-25-29(5,14-8-15-30(24,25)6)19-33-27(32)26-20(2)9-11-23(26)21(3)18-31/h7,10,18,20-21,23-26H,1,8-9,11-17,19H2,2-6H3/t20-,21+,23+,24-,25-,26+,28-,29-,30+/m0/s1. The molecule has 0 saturated heterocycles. The normalized spacial score (nSPS) is 45.8. The summed E-state index contributed by atoms with van der Waals surface area (Å²) in [6, 6.07) is 0. The van der Waals surface area contributed by atoms with E-state index in [0.29, 0.717) is 29.8 Å². The van der Waals surface area contributed by atoms with E-state index in [1.165, 1.54) is 25.7 Å². The molecule has 0 aromatic heterocycles. The molecule has 0 aliphatic heterocycles. The van der Waals surface area contributed by atoms with Gasteiger partial charge < -0.3 is 9.53 Å². The Labute approximate surface area is 201 Å². The van der Waals surface area contributed by atoms with E-state index in [1.54, 1.807) is 5.57 Å². The van der Waals surface area contributed by atoms with Crippen molar-refractivity contribution in [2.45, 2.75) is 92.4 Å². The number of fused-ring (bicyclic) bond motifs is 3. The van der Waals surface area contributed by atoms with Gasteiger partial charge in [0.2, 0.25) is 0 Å². The highest BCUT2D eigenvalue weighted by molar-refractivity contribution is 5.74. The van der Waals surface area contributed by atoms with Crippen molar-refractivity contribution in [3.05, 3.63) is 24.3 Å². The van der Waals surface area contributed by atoms with E-state index in [2.05, 4.69) is 46.4 Å². The Balaban J connectivity index is 1.49. The van der Waals surface area contributed by atoms with E-state index in [1.807, 2.05) is 6.92 Å². The van der Waals surface area contributed by atoms with Gasteiger partial charge in [-0.1, -0.05) is 58.8 Å². The number of allylic oxidation sites excluding steroid dienone is 3. The molecule has 3 saturated carbocycles. The number of rotatable bonds is 6. The van der Waals surface area contributed by atoms with E-state index < -0.39 is 0 Å². The maximum atomic E-state index is 13.3. The lowest BCUT2D eigenvalue weighted by Gasteiger charge is -2.59. The van der Waals surface area contributed by atoms with Crippen LogP contribution in [0.3, 0.4) is 0 Å². The molecule has 0 unspecified atom stereocenters. The van der Waals surface area contributed by atoms with E-state index in [-0.39, 0.29) is 34.6 Å². The van der Waals surface area contributed by atoms with Crippen LogP contribution in [0.5, 0.6) is 0 Å². The minimum absolute atomic E-state index is 0.0253. The highest BCUT2D eigenvalue weighted by Gasteiger charge is 2.56. The molecule has 0 N–H and O–H groups in total. The third-order valence-corrected chi connectivity index (χ3v) is 10.8. The Morgan fingerprint density at radius 1 is 1.21 bits per heavy atom. The molecule has 3 heteroatoms. The molecule has 4 aliphatic rings. The molecule has 9 atom stereocenters. The summed E-state index contributed by atoms with van der Waals surface area (Å²) in [6.45, 7) is 16.0. The zero-order chi connectivity index (χ0) is 24.0. The number of hydrogen-bond donors (Lipinski definition) is 0. The smallest absolute Gasteiger partial charge is 0.309 e. The number of esters is 1. The first-order valence-corrected chi connectivity index (χ1v) is 13.5. The van der Waals surface area contributed by atoms with Gasteiger partial charge in [0.05, 0.1) is 12.5 Å². The first-order chi connectivity index (χ1) is 15.6. The lowest BCUT2D eigenvalue weighted by molar-refractivity contribution is -0.162. The summed E-state index contributed by atoms with van der Waals surface area (Å²) in [5, 5.41) is 0. The number of carbonyl (C=O) groups is 2. The van der Waals surface area contributed by atoms with Crippen molar-refractivity contribution in [1.82, 2.24) is 0 Å². The van der Waals surface area contributed by atoms with E-state index in [0.717, 1.165) is 38.4 Å². The Kier molecular flexibility index (Phi) is 6.75. The SMILES string of the molecule is C=C[C@@]1(C)CC[C@H]2C(=CC[C@H]3[C@](C)(COC(=O)[C@H]4[C@@H]([C@H](C)C=O)CC[C@@H]4C)CCC[C@]23C)C1. The van der Waals surface area contributed by atoms with Gasteiger partial charge in [0.15, 0.2) is 0 Å². The lowest BCUT2D eigenvalue weighted by Crippen LogP contribution is -2.53. The van der Waals surface area contributed by atoms with Gasteiger partial charge in [0.1, 0.15) is 6.29 Å². The highest BCUT2D eigenvalue weighted by atomic mass is 16.5. The summed E-state index contributed by atoms with van der Waals surface area (Å²) in [5.41, 5.74) is 2.22. The fourth-order valence-electron chi connectivity index (χ4n) is 8.58. The number of ether oxygens (including phenoxy) is 1. The molecule has 4 rings (SSSR count). The molecule has 0 heterocycles. The average molecular weight is 455 g/mol. The van der Waals surface area contributed by atoms with Gasteiger partial charge in [0.25, 0.3) is 0 Å². The summed E-state index contributed by atoms with van der Waals surface area (Å²) in [6.07, 6.45) is 16.1. The molecular formula is C30H46O3. The monoisotopic (exact) mass is 454 g/mol. The fourth-order valence-corrected chi connectivity index (χ4v) is 8.58. The third-order valence-electron chi connectivity index (χ3n) is 10.8. The van der Waals surface area contributed by atoms with Crippen LogP contribution in [0, 0.1) is 51.8 Å². The van der Waals surface area contributed by atoms with Crippen molar-refractivity contribution >= 4 is 12.3 Å². The summed E-state index contributed by atoms with van der Waals surface area (Å²) in [5.74, 6) is 1.39. The molecule has 0 radical (unpaired) electrons. The van der Waals surface area contributed by atoms with Crippen LogP contribution in [-0.4, -0.2) is 18.9 Å². The molecule has 3 nitrogen and oxygen atoms in total. The molecule has 0 aromatic carbocycles. The summed E-state index contributed by atoms with van der Waals surface area (Å²) in [7, 11) is 0. The summed E-state index contributed by atoms with van der Waals surface area (Å²) >= 11 is 0. The van der Waals surface area contributed by atoms with Crippen LogP contribution in [0.4, 0.5) is 0 Å². The maximum absolute atomic E-state index is 13.3. The van der Waals surface area contributed by atoms with Crippen LogP contribution in [0.25, 0.3) is 0 Å². The van der Waals surface area contributed by atoms with Gasteiger partial charge in [0, 0.05) is 11.3 Å². The minimum atomic E-state index is -0.128. The Morgan fingerprint density at radius 2 is 1.97 bits per heavy atom. The number of carbonyl (C=O) groups excluding carboxylic acids is 2. The van der Waals surface area contributed by atoms with Crippen LogP contribution >= 0.6 is 0 Å². The quantitative estimate of drug-likeness (QED) is 0.243. The van der Waals surface area contributed by atoms with Crippen molar-refractivity contribution in [2.24, 2.45) is 51.8 Å². The molecule has 33 heavy (non-hydrogen) atoms. The molecule has 184 valence electrons. The number of hydrogen-bond acceptors (Lipinski definition) is 3. The van der Waals surface area contributed by atoms with Crippen molar-refractivity contribution in [1.29, 1.82) is 0 Å². The first-order valence-electron chi connectivity index (χ1n) is 13.5. The summed E-state index contributed by atoms with van der Waals surface area (Å²) < 4.78 is 6.16. The van der Waals surface area contributed by atoms with Crippen LogP contribution in [0.1, 0.15) is 92.4 Å². The molecule has 4 aliphatic carbocycles. The predicted molar refractivity (Wildman–Crippen MR) is 133 cm³/mol. The van der Waals surface area contributed by atoms with Crippen molar-refractivity contribution < 1.29 is 14.3 Å². The molecule has 0 amide bonds. The second kappa shape index (κ2) is 9.00. The molecule has 0 bridgehead atoms. The second-order valence-electron chi connectivity index (χ2n) is 13.1. The van der Waals surface area contributed by atoms with Crippen molar-refractivity contribution in [3.8, 4) is 0 Å². The highest BCUT2D eigenvalue weighted by Crippen LogP contribution is 2.63. The van der Waals surface area contributed by atoms with Gasteiger partial charge in [-0.3, -0.25) is 4.79 Å². The van der Waals surface area contributed by atoms with Gasteiger partial charge in [-0.2, -0.15) is 0 Å². The van der Waals surface area contributed by atoms with Gasteiger partial charge in [-0.05, 0) is 85.9 Å². The predicted octanol–water partition coefficient (Wildman–Crippen LogP) is 7.16. The zero-order valence-electron chi connectivity index (χ0n) is 21.7. The topological polar surface area (TPSA) is 43.4 Å². The summed E-state index contributed by atoms with van der Waals surface area (Å²) in [4.78, 5) is 24.7. The van der Waals surface area contributed by atoms with Crippen molar-refractivity contribution in [2.75, 3.05) is 6.61 Å². The van der Waals surface area contributed by atoms with Gasteiger partial charge >= 0.3 is 5.97 Å². The zero-order valence-corrected chi connectivity index (χ0v) is 21.7. The van der Waals surface area contributed by atoms with Crippen molar-refractivity contribution in [3.63, 3.8) is 0 Å². The Bertz CT molecular complexity index is 813. The van der Waals surface area contributed by atoms with E-state index in [9.17, 15) is 9.59 Å². The lowest BCUT2D eigenvalue weighted by atomic mass is 9.45. The van der Waals surface area contributed by atoms with Gasteiger partial charge in [-0.15, -0.1) is 6.58 Å². The van der Waals surface area contributed by atoms with Crippen LogP contribution < -0.4 is 0 Å². The van der Waals surface area contributed by atoms with Crippen LogP contribution in [0.2, 0.25) is 0 Å². The Morgan fingerprint density at radius 3 is 2.67 bits per heavy atom. The maximum Gasteiger partial charge on any atom is 0.309 e. The van der Waals surface area contributed by atoms with Crippen LogP contribution in [0.15, 0.2) is 24.3 Å². The van der Waals surface area contributed by atoms with Crippen LogP contribution in [-0.2, 0) is 14.3 Å². The van der Waals surface area contributed by atoms with Gasteiger partial charge in [-0.25, -0.2) is 0 Å². The molecule has 3 fully saturated rings. The molecule has 0 spiro atoms. The first kappa shape index (κ1) is 24.7. The minimum Gasteiger partial charge on any atom is -0.465 e. The third kappa shape index (κ3) is 4.27. The largest absolute Gasteiger partial charge is 0.465 e. The molecule has 0 aromatic rings. The Hall–Kier alpha value is -1.38. The molecular weight excluding hydrogens is 408 g/mol. The number of aldehydes is 1. The van der Waals surface area contributed by atoms with E-state index >= 15 is 0 Å². The second-order valence-corrected chi connectivity index (χ2v) is 13.1. The fraction of sp³-hybridized carbons (Fsp3) is 0.800.